The van der Waals surface area contributed by atoms with E-state index in [1.807, 2.05) is 37.2 Å². The van der Waals surface area contributed by atoms with Crippen molar-refractivity contribution < 1.29 is 14.3 Å². The molecule has 0 bridgehead atoms. The highest BCUT2D eigenvalue weighted by Crippen LogP contribution is 2.35. The number of pyridine rings is 1. The van der Waals surface area contributed by atoms with Gasteiger partial charge in [0.15, 0.2) is 11.5 Å². The van der Waals surface area contributed by atoms with Crippen molar-refractivity contribution in [2.45, 2.75) is 6.54 Å². The number of likely N-dealkylation sites (N-methyl/N-ethyl adjacent to an activating group) is 1. The van der Waals surface area contributed by atoms with Gasteiger partial charge in [0.2, 0.25) is 0 Å². The Labute approximate surface area is 151 Å². The molecule has 0 aliphatic carbocycles. The largest absolute Gasteiger partial charge is 0.493 e. The lowest BCUT2D eigenvalue weighted by Crippen LogP contribution is -2.23. The normalized spacial score (nSPS) is 13.3. The van der Waals surface area contributed by atoms with Gasteiger partial charge in [0.25, 0.3) is 5.91 Å². The van der Waals surface area contributed by atoms with E-state index in [4.69, 9.17) is 21.1 Å². The van der Waals surface area contributed by atoms with Crippen LogP contribution in [0.25, 0.3) is 0 Å². The van der Waals surface area contributed by atoms with Crippen molar-refractivity contribution in [3.63, 3.8) is 0 Å². The average molecular weight is 362 g/mol. The molecule has 0 unspecified atom stereocenters. The molecule has 3 rings (SSSR count). The number of ether oxygens (including phenoxy) is 2. The summed E-state index contributed by atoms with van der Waals surface area (Å²) in [5, 5.41) is 0.316. The van der Waals surface area contributed by atoms with Gasteiger partial charge in [0, 0.05) is 23.9 Å². The number of rotatable bonds is 6. The Morgan fingerprint density at radius 1 is 1.24 bits per heavy atom. The fourth-order valence-corrected chi connectivity index (χ4v) is 2.78. The third-order valence-corrected chi connectivity index (χ3v) is 4.19. The zero-order chi connectivity index (χ0) is 18.0. The van der Waals surface area contributed by atoms with Crippen LogP contribution >= 0.6 is 11.6 Å². The van der Waals surface area contributed by atoms with Crippen molar-refractivity contribution in [3.05, 3.63) is 46.7 Å². The topological polar surface area (TPSA) is 54.9 Å². The lowest BCUT2D eigenvalue weighted by atomic mass is 10.2. The van der Waals surface area contributed by atoms with E-state index >= 15 is 0 Å². The second-order valence-electron chi connectivity index (χ2n) is 6.02. The van der Waals surface area contributed by atoms with E-state index in [9.17, 15) is 4.79 Å². The molecule has 0 atom stereocenters. The smallest absolute Gasteiger partial charge is 0.277 e. The lowest BCUT2D eigenvalue weighted by molar-refractivity contribution is 0.0992. The molecule has 1 aromatic heterocycles. The van der Waals surface area contributed by atoms with Crippen molar-refractivity contribution in [2.75, 3.05) is 39.3 Å². The minimum Gasteiger partial charge on any atom is -0.493 e. The number of amides is 1. The summed E-state index contributed by atoms with van der Waals surface area (Å²) in [6.45, 7) is 1.82. The van der Waals surface area contributed by atoms with Gasteiger partial charge in [-0.15, -0.1) is 0 Å². The Hall–Kier alpha value is -2.31. The number of hydrogen-bond donors (Lipinski definition) is 0. The molecule has 0 radical (unpaired) electrons. The number of fused-ring (bicyclic) bond motifs is 1. The Kier molecular flexibility index (Phi) is 5.11. The Bertz CT molecular complexity index is 795. The fraction of sp³-hybridized carbons (Fsp3) is 0.333. The second kappa shape index (κ2) is 7.29. The van der Waals surface area contributed by atoms with Gasteiger partial charge in [-0.05, 0) is 32.3 Å². The summed E-state index contributed by atoms with van der Waals surface area (Å²) in [5.41, 5.74) is 1.99. The van der Waals surface area contributed by atoms with Crippen LogP contribution in [0.15, 0.2) is 30.3 Å². The molecule has 1 aromatic carbocycles. The predicted molar refractivity (Wildman–Crippen MR) is 96.8 cm³/mol. The first-order valence-electron chi connectivity index (χ1n) is 7.92. The van der Waals surface area contributed by atoms with Crippen LogP contribution in [-0.4, -0.2) is 50.1 Å². The molecule has 132 valence electrons. The minimum absolute atomic E-state index is 0.166. The van der Waals surface area contributed by atoms with Crippen LogP contribution < -0.4 is 14.4 Å². The van der Waals surface area contributed by atoms with E-state index in [1.54, 1.807) is 24.1 Å². The number of anilines is 1. The highest BCUT2D eigenvalue weighted by molar-refractivity contribution is 6.29. The van der Waals surface area contributed by atoms with Gasteiger partial charge in [-0.25, -0.2) is 4.98 Å². The van der Waals surface area contributed by atoms with Crippen molar-refractivity contribution in [1.29, 1.82) is 0 Å². The number of aromatic nitrogens is 1. The van der Waals surface area contributed by atoms with Gasteiger partial charge in [0.05, 0.1) is 13.7 Å². The molecule has 0 saturated carbocycles. The van der Waals surface area contributed by atoms with Gasteiger partial charge in [-0.1, -0.05) is 17.7 Å². The predicted octanol–water partition coefficient (Wildman–Crippen LogP) is 2.84. The summed E-state index contributed by atoms with van der Waals surface area (Å²) in [7, 11) is 5.56. The Balaban J connectivity index is 1.81. The molecular formula is C18H20ClN3O3. The molecule has 0 spiro atoms. The van der Waals surface area contributed by atoms with E-state index in [0.29, 0.717) is 35.5 Å². The van der Waals surface area contributed by atoms with Crippen molar-refractivity contribution >= 4 is 23.2 Å². The molecule has 0 N–H and O–H groups in total. The van der Waals surface area contributed by atoms with Gasteiger partial charge >= 0.3 is 0 Å². The number of nitrogens with zero attached hydrogens (tertiary/aromatic N) is 3. The van der Waals surface area contributed by atoms with Crippen LogP contribution in [-0.2, 0) is 6.54 Å². The number of hydrogen-bond acceptors (Lipinski definition) is 5. The maximum Gasteiger partial charge on any atom is 0.277 e. The summed E-state index contributed by atoms with van der Waals surface area (Å²) in [6, 6.07) is 8.99. The van der Waals surface area contributed by atoms with Crippen molar-refractivity contribution in [1.82, 2.24) is 9.88 Å². The molecule has 7 heteroatoms. The summed E-state index contributed by atoms with van der Waals surface area (Å²) < 4.78 is 11.2. The maximum absolute atomic E-state index is 12.6. The van der Waals surface area contributed by atoms with E-state index in [0.717, 1.165) is 17.8 Å². The summed E-state index contributed by atoms with van der Waals surface area (Å²) in [6.07, 6.45) is 0. The van der Waals surface area contributed by atoms with Crippen molar-refractivity contribution in [2.24, 2.45) is 0 Å². The number of benzene rings is 1. The molecule has 0 saturated heterocycles. The Morgan fingerprint density at radius 3 is 2.76 bits per heavy atom. The molecule has 0 fully saturated rings. The van der Waals surface area contributed by atoms with Crippen LogP contribution in [0.3, 0.4) is 0 Å². The first-order chi connectivity index (χ1) is 12.0. The number of halogens is 1. The molecule has 6 nitrogen and oxygen atoms in total. The SMILES string of the molecule is COc1cc(N2Cc3ccc(Cl)nc3C2=O)ccc1OCCN(C)C. The molecular weight excluding hydrogens is 342 g/mol. The minimum atomic E-state index is -0.166. The van der Waals surface area contributed by atoms with Crippen LogP contribution in [0.4, 0.5) is 5.69 Å². The standard InChI is InChI=1S/C18H20ClN3O3/c1-21(2)8-9-25-14-6-5-13(10-15(14)24-3)22-11-12-4-7-16(19)20-17(12)18(22)23/h4-7,10H,8-9,11H2,1-3H3. The van der Waals surface area contributed by atoms with Gasteiger partial charge < -0.3 is 19.3 Å². The van der Waals surface area contributed by atoms with Gasteiger partial charge in [-0.2, -0.15) is 0 Å². The number of methoxy groups -OCH3 is 1. The number of carbonyl (C=O) groups excluding carboxylic acids is 1. The van der Waals surface area contributed by atoms with E-state index in [2.05, 4.69) is 4.98 Å². The zero-order valence-corrected chi connectivity index (χ0v) is 15.2. The molecule has 1 amide bonds. The van der Waals surface area contributed by atoms with E-state index in [-0.39, 0.29) is 5.91 Å². The van der Waals surface area contributed by atoms with Crippen LogP contribution in [0.1, 0.15) is 16.1 Å². The third-order valence-electron chi connectivity index (χ3n) is 3.98. The number of carbonyl (C=O) groups is 1. The monoisotopic (exact) mass is 361 g/mol. The third kappa shape index (κ3) is 3.70. The summed E-state index contributed by atoms with van der Waals surface area (Å²) in [5.74, 6) is 1.07. The second-order valence-corrected chi connectivity index (χ2v) is 6.41. The molecule has 2 heterocycles. The highest BCUT2D eigenvalue weighted by Gasteiger charge is 2.30. The van der Waals surface area contributed by atoms with Crippen LogP contribution in [0, 0.1) is 0 Å². The first-order valence-corrected chi connectivity index (χ1v) is 8.30. The average Bonchev–Trinajstić information content (AvgIpc) is 2.91. The molecule has 1 aliphatic heterocycles. The lowest BCUT2D eigenvalue weighted by Gasteiger charge is -2.18. The van der Waals surface area contributed by atoms with Gasteiger partial charge in [0.1, 0.15) is 17.5 Å². The summed E-state index contributed by atoms with van der Waals surface area (Å²) in [4.78, 5) is 20.4. The zero-order valence-electron chi connectivity index (χ0n) is 14.5. The molecule has 25 heavy (non-hydrogen) atoms. The van der Waals surface area contributed by atoms with E-state index in [1.165, 1.54) is 0 Å². The fourth-order valence-electron chi connectivity index (χ4n) is 2.64. The molecule has 1 aliphatic rings. The Morgan fingerprint density at radius 2 is 2.04 bits per heavy atom. The van der Waals surface area contributed by atoms with Crippen LogP contribution in [0.2, 0.25) is 5.15 Å². The van der Waals surface area contributed by atoms with E-state index < -0.39 is 0 Å². The van der Waals surface area contributed by atoms with Crippen molar-refractivity contribution in [3.8, 4) is 11.5 Å². The summed E-state index contributed by atoms with van der Waals surface area (Å²) >= 11 is 5.90. The molecule has 2 aromatic rings. The van der Waals surface area contributed by atoms with Gasteiger partial charge in [-0.3, -0.25) is 4.79 Å². The maximum atomic E-state index is 12.6. The van der Waals surface area contributed by atoms with Crippen LogP contribution in [0.5, 0.6) is 11.5 Å². The first kappa shape index (κ1) is 17.5. The quantitative estimate of drug-likeness (QED) is 0.740. The highest BCUT2D eigenvalue weighted by atomic mass is 35.5.